The summed E-state index contributed by atoms with van der Waals surface area (Å²) in [4.78, 5) is 15.6. The van der Waals surface area contributed by atoms with Crippen molar-refractivity contribution in [2.24, 2.45) is 5.92 Å². The summed E-state index contributed by atoms with van der Waals surface area (Å²) in [5.41, 5.74) is 1.40. The van der Waals surface area contributed by atoms with E-state index >= 15 is 0 Å². The standard InChI is InChI=1S/C24H31FN4O3S/c1-4-26-21-14-16(25)13-20-22(21)28-23(30)24(20,3)29-12-6-7-18(15-29)27-17-8-10-19(11-9-17)33(31,32)5-2/h5,8-11,14,18,20,26-27H,2,4,6-7,12-13,15H2,1,3H3,(H,28,30)/t18-,20?,24?/m1/s1. The highest BCUT2D eigenvalue weighted by Gasteiger charge is 2.55. The van der Waals surface area contributed by atoms with Crippen molar-refractivity contribution in [3.05, 3.63) is 59.5 Å². The normalized spacial score (nSPS) is 28.1. The van der Waals surface area contributed by atoms with Crippen LogP contribution in [0.15, 0.2) is 64.4 Å². The number of allylic oxidation sites excluding steroid dienone is 2. The number of fused-ring (bicyclic) bond motifs is 1. The Morgan fingerprint density at radius 3 is 2.73 bits per heavy atom. The number of anilines is 1. The Kier molecular flexibility index (Phi) is 6.37. The largest absolute Gasteiger partial charge is 0.384 e. The zero-order chi connectivity index (χ0) is 23.8. The zero-order valence-electron chi connectivity index (χ0n) is 19.0. The summed E-state index contributed by atoms with van der Waals surface area (Å²) < 4.78 is 38.4. The molecule has 0 aromatic heterocycles. The molecule has 4 rings (SSSR count). The fourth-order valence-corrected chi connectivity index (χ4v) is 5.82. The minimum atomic E-state index is -3.47. The molecule has 2 unspecified atom stereocenters. The molecular formula is C24H31FN4O3S. The molecule has 1 amide bonds. The Labute approximate surface area is 194 Å². The first-order valence-electron chi connectivity index (χ1n) is 11.3. The summed E-state index contributed by atoms with van der Waals surface area (Å²) in [5.74, 6) is -0.587. The summed E-state index contributed by atoms with van der Waals surface area (Å²) >= 11 is 0. The van der Waals surface area contributed by atoms with Crippen molar-refractivity contribution in [2.45, 2.75) is 49.6 Å². The second-order valence-corrected chi connectivity index (χ2v) is 10.9. The molecule has 33 heavy (non-hydrogen) atoms. The molecule has 9 heteroatoms. The highest BCUT2D eigenvalue weighted by molar-refractivity contribution is 7.94. The number of amides is 1. The number of likely N-dealkylation sites (tertiary alicyclic amines) is 1. The van der Waals surface area contributed by atoms with Crippen molar-refractivity contribution < 1.29 is 17.6 Å². The van der Waals surface area contributed by atoms with Crippen LogP contribution in [0.4, 0.5) is 10.1 Å². The lowest BCUT2D eigenvalue weighted by Crippen LogP contribution is -2.59. The molecule has 1 aliphatic carbocycles. The van der Waals surface area contributed by atoms with E-state index in [0.29, 0.717) is 18.8 Å². The summed E-state index contributed by atoms with van der Waals surface area (Å²) in [7, 11) is -3.47. The molecule has 1 aromatic rings. The number of carbonyl (C=O) groups is 1. The fourth-order valence-electron chi connectivity index (χ4n) is 5.11. The van der Waals surface area contributed by atoms with Gasteiger partial charge in [-0.05, 0) is 63.6 Å². The number of nitrogens with one attached hydrogen (secondary N) is 3. The van der Waals surface area contributed by atoms with E-state index < -0.39 is 15.4 Å². The number of sulfone groups is 1. The van der Waals surface area contributed by atoms with E-state index in [-0.39, 0.29) is 35.0 Å². The third-order valence-corrected chi connectivity index (χ3v) is 8.31. The SMILES string of the molecule is C=CS(=O)(=O)c1ccc(N[C@@H]2CCCN(C3(C)C(=O)NC4=C(NCC)C=C(F)CC43)C2)cc1. The minimum Gasteiger partial charge on any atom is -0.384 e. The summed E-state index contributed by atoms with van der Waals surface area (Å²) in [6, 6.07) is 6.67. The molecule has 3 aliphatic rings. The van der Waals surface area contributed by atoms with Gasteiger partial charge in [0.25, 0.3) is 0 Å². The lowest BCUT2D eigenvalue weighted by molar-refractivity contribution is -0.131. The van der Waals surface area contributed by atoms with E-state index in [4.69, 9.17) is 0 Å². The van der Waals surface area contributed by atoms with Gasteiger partial charge in [-0.15, -0.1) is 0 Å². The molecule has 3 atom stereocenters. The molecule has 2 aliphatic heterocycles. The molecule has 0 radical (unpaired) electrons. The van der Waals surface area contributed by atoms with Gasteiger partial charge in [0.1, 0.15) is 11.4 Å². The molecule has 2 fully saturated rings. The molecule has 2 heterocycles. The van der Waals surface area contributed by atoms with E-state index in [0.717, 1.165) is 36.2 Å². The number of nitrogens with zero attached hydrogens (tertiary/aromatic N) is 1. The first kappa shape index (κ1) is 23.5. The smallest absolute Gasteiger partial charge is 0.245 e. The quantitative estimate of drug-likeness (QED) is 0.563. The number of likely N-dealkylation sites (N-methyl/N-ethyl adjacent to an activating group) is 1. The van der Waals surface area contributed by atoms with Crippen LogP contribution in [-0.2, 0) is 14.6 Å². The van der Waals surface area contributed by atoms with Crippen molar-refractivity contribution in [3.63, 3.8) is 0 Å². The highest BCUT2D eigenvalue weighted by atomic mass is 32.2. The van der Waals surface area contributed by atoms with Gasteiger partial charge in [-0.2, -0.15) is 0 Å². The van der Waals surface area contributed by atoms with Gasteiger partial charge >= 0.3 is 0 Å². The molecule has 0 saturated carbocycles. The molecule has 3 N–H and O–H groups in total. The lowest BCUT2D eigenvalue weighted by Gasteiger charge is -2.45. The molecule has 178 valence electrons. The van der Waals surface area contributed by atoms with Crippen LogP contribution in [0.2, 0.25) is 0 Å². The summed E-state index contributed by atoms with van der Waals surface area (Å²) in [6.07, 6.45) is 3.50. The summed E-state index contributed by atoms with van der Waals surface area (Å²) in [6.45, 7) is 9.24. The van der Waals surface area contributed by atoms with Crippen LogP contribution in [0.5, 0.6) is 0 Å². The third kappa shape index (κ3) is 4.31. The molecule has 2 saturated heterocycles. The first-order valence-corrected chi connectivity index (χ1v) is 12.9. The maximum Gasteiger partial charge on any atom is 0.245 e. The molecule has 0 bridgehead atoms. The average molecular weight is 475 g/mol. The highest BCUT2D eigenvalue weighted by Crippen LogP contribution is 2.44. The van der Waals surface area contributed by atoms with Crippen LogP contribution in [-0.4, -0.2) is 50.4 Å². The molecular weight excluding hydrogens is 443 g/mol. The van der Waals surface area contributed by atoms with Crippen molar-refractivity contribution in [3.8, 4) is 0 Å². The fraction of sp³-hybridized carbons (Fsp3) is 0.458. The van der Waals surface area contributed by atoms with Crippen LogP contribution in [0.1, 0.15) is 33.1 Å². The zero-order valence-corrected chi connectivity index (χ0v) is 19.8. The number of rotatable bonds is 7. The molecule has 7 nitrogen and oxygen atoms in total. The van der Waals surface area contributed by atoms with E-state index in [1.165, 1.54) is 6.08 Å². The van der Waals surface area contributed by atoms with Gasteiger partial charge in [0, 0.05) is 48.3 Å². The summed E-state index contributed by atoms with van der Waals surface area (Å²) in [5, 5.41) is 10.6. The van der Waals surface area contributed by atoms with Gasteiger partial charge in [-0.1, -0.05) is 6.58 Å². The predicted molar refractivity (Wildman–Crippen MR) is 127 cm³/mol. The van der Waals surface area contributed by atoms with Crippen LogP contribution in [0, 0.1) is 5.92 Å². The van der Waals surface area contributed by atoms with Crippen LogP contribution in [0.25, 0.3) is 0 Å². The number of benzene rings is 1. The van der Waals surface area contributed by atoms with Crippen LogP contribution in [0.3, 0.4) is 0 Å². The second-order valence-electron chi connectivity index (χ2n) is 8.97. The van der Waals surface area contributed by atoms with Gasteiger partial charge in [0.05, 0.1) is 10.6 Å². The lowest BCUT2D eigenvalue weighted by atomic mass is 9.78. The van der Waals surface area contributed by atoms with Gasteiger partial charge in [-0.3, -0.25) is 9.69 Å². The predicted octanol–water partition coefficient (Wildman–Crippen LogP) is 3.06. The Hall–Kier alpha value is -2.65. The maximum absolute atomic E-state index is 14.5. The number of halogens is 1. The second kappa shape index (κ2) is 8.95. The number of carbonyl (C=O) groups excluding carboxylic acids is 1. The van der Waals surface area contributed by atoms with E-state index in [9.17, 15) is 17.6 Å². The Morgan fingerprint density at radius 1 is 1.33 bits per heavy atom. The van der Waals surface area contributed by atoms with Gasteiger partial charge in [-0.25, -0.2) is 12.8 Å². The van der Waals surface area contributed by atoms with Crippen LogP contribution >= 0.6 is 0 Å². The van der Waals surface area contributed by atoms with E-state index in [1.807, 2.05) is 13.8 Å². The Balaban J connectivity index is 1.52. The maximum atomic E-state index is 14.5. The number of hydrogen-bond donors (Lipinski definition) is 3. The Morgan fingerprint density at radius 2 is 2.06 bits per heavy atom. The van der Waals surface area contributed by atoms with Gasteiger partial charge in [0.15, 0.2) is 9.84 Å². The molecule has 1 aromatic carbocycles. The average Bonchev–Trinajstić information content (AvgIpc) is 3.06. The molecule has 0 spiro atoms. The number of piperidine rings is 1. The van der Waals surface area contributed by atoms with Gasteiger partial charge < -0.3 is 16.0 Å². The monoisotopic (exact) mass is 474 g/mol. The van der Waals surface area contributed by atoms with Crippen molar-refractivity contribution >= 4 is 21.4 Å². The van der Waals surface area contributed by atoms with Gasteiger partial charge in [0.2, 0.25) is 5.91 Å². The minimum absolute atomic E-state index is 0.0792. The van der Waals surface area contributed by atoms with Crippen molar-refractivity contribution in [1.82, 2.24) is 15.5 Å². The van der Waals surface area contributed by atoms with Crippen LogP contribution < -0.4 is 16.0 Å². The van der Waals surface area contributed by atoms with Crippen molar-refractivity contribution in [2.75, 3.05) is 25.0 Å². The van der Waals surface area contributed by atoms with E-state index in [1.54, 1.807) is 24.3 Å². The number of hydrogen-bond acceptors (Lipinski definition) is 6. The Bertz CT molecular complexity index is 1110. The van der Waals surface area contributed by atoms with E-state index in [2.05, 4.69) is 27.4 Å². The van der Waals surface area contributed by atoms with Crippen molar-refractivity contribution in [1.29, 1.82) is 0 Å². The third-order valence-electron chi connectivity index (χ3n) is 6.94. The first-order chi connectivity index (χ1) is 15.7. The topological polar surface area (TPSA) is 90.5 Å².